The van der Waals surface area contributed by atoms with Gasteiger partial charge in [-0.2, -0.15) is 9.40 Å². The fraction of sp³-hybridized carbons (Fsp3) is 0.360. The van der Waals surface area contributed by atoms with Gasteiger partial charge in [-0.25, -0.2) is 8.42 Å². The fourth-order valence-electron chi connectivity index (χ4n) is 4.06. The zero-order valence-corrected chi connectivity index (χ0v) is 20.1. The van der Waals surface area contributed by atoms with Gasteiger partial charge in [-0.3, -0.25) is 9.48 Å². The number of piperidine rings is 1. The van der Waals surface area contributed by atoms with Crippen molar-refractivity contribution >= 4 is 15.9 Å². The van der Waals surface area contributed by atoms with Crippen LogP contribution in [0.4, 0.5) is 0 Å². The van der Waals surface area contributed by atoms with Gasteiger partial charge in [-0.1, -0.05) is 24.3 Å². The molecule has 0 saturated carbocycles. The summed E-state index contributed by atoms with van der Waals surface area (Å²) in [5.41, 5.74) is 2.16. The molecule has 9 heteroatoms. The van der Waals surface area contributed by atoms with Crippen molar-refractivity contribution in [3.63, 3.8) is 0 Å². The molecule has 1 saturated heterocycles. The Hall–Kier alpha value is -3.17. The minimum atomic E-state index is -3.58. The zero-order valence-electron chi connectivity index (χ0n) is 19.3. The SMILES string of the molecule is CCOc1ccc(S(=O)(=O)N2CCC(C(=O)NCc3ccc(Cn4cccn4)cc3)CC2)cc1. The standard InChI is InChI=1S/C25H30N4O4S/c1-2-33-23-8-10-24(11-9-23)34(31,32)29-16-12-22(13-17-29)25(30)26-18-20-4-6-21(7-5-20)19-28-15-3-14-27-28/h3-11,14-15,22H,2,12-13,16-19H2,1H3,(H,26,30). The van der Waals surface area contributed by atoms with Gasteiger partial charge in [-0.05, 0) is 61.2 Å². The van der Waals surface area contributed by atoms with Crippen molar-refractivity contribution in [1.29, 1.82) is 0 Å². The molecule has 2 aromatic carbocycles. The highest BCUT2D eigenvalue weighted by molar-refractivity contribution is 7.89. The van der Waals surface area contributed by atoms with E-state index < -0.39 is 10.0 Å². The maximum absolute atomic E-state index is 13.0. The smallest absolute Gasteiger partial charge is 0.243 e. The number of carbonyl (C=O) groups is 1. The summed E-state index contributed by atoms with van der Waals surface area (Å²) in [6, 6.07) is 16.4. The van der Waals surface area contributed by atoms with Crippen LogP contribution in [0.5, 0.6) is 5.75 Å². The van der Waals surface area contributed by atoms with Crippen molar-refractivity contribution in [1.82, 2.24) is 19.4 Å². The molecule has 180 valence electrons. The predicted molar refractivity (Wildman–Crippen MR) is 129 cm³/mol. The number of hydrogen-bond donors (Lipinski definition) is 1. The zero-order chi connectivity index (χ0) is 24.0. The molecule has 3 aromatic rings. The first-order valence-electron chi connectivity index (χ1n) is 11.5. The lowest BCUT2D eigenvalue weighted by Crippen LogP contribution is -2.42. The van der Waals surface area contributed by atoms with E-state index >= 15 is 0 Å². The number of hydrogen-bond acceptors (Lipinski definition) is 5. The van der Waals surface area contributed by atoms with Gasteiger partial charge in [0.2, 0.25) is 15.9 Å². The molecule has 1 aliphatic heterocycles. The van der Waals surface area contributed by atoms with Crippen LogP contribution in [-0.2, 0) is 27.9 Å². The highest BCUT2D eigenvalue weighted by atomic mass is 32.2. The summed E-state index contributed by atoms with van der Waals surface area (Å²) in [6.07, 6.45) is 4.68. The summed E-state index contributed by atoms with van der Waals surface area (Å²) < 4.78 is 34.6. The summed E-state index contributed by atoms with van der Waals surface area (Å²) >= 11 is 0. The van der Waals surface area contributed by atoms with Crippen molar-refractivity contribution in [2.75, 3.05) is 19.7 Å². The Morgan fingerprint density at radius 3 is 2.35 bits per heavy atom. The Bertz CT molecular complexity index is 1170. The highest BCUT2D eigenvalue weighted by Gasteiger charge is 2.32. The fourth-order valence-corrected chi connectivity index (χ4v) is 5.53. The predicted octanol–water partition coefficient (Wildman–Crippen LogP) is 3.05. The number of benzene rings is 2. The van der Waals surface area contributed by atoms with Gasteiger partial charge < -0.3 is 10.1 Å². The van der Waals surface area contributed by atoms with Crippen LogP contribution in [0.2, 0.25) is 0 Å². The van der Waals surface area contributed by atoms with Gasteiger partial charge in [0.25, 0.3) is 0 Å². The van der Waals surface area contributed by atoms with Gasteiger partial charge in [0, 0.05) is 37.9 Å². The number of amides is 1. The van der Waals surface area contributed by atoms with E-state index in [9.17, 15) is 13.2 Å². The Morgan fingerprint density at radius 2 is 1.74 bits per heavy atom. The quantitative estimate of drug-likeness (QED) is 0.506. The summed E-state index contributed by atoms with van der Waals surface area (Å²) in [4.78, 5) is 12.9. The lowest BCUT2D eigenvalue weighted by Gasteiger charge is -2.30. The van der Waals surface area contributed by atoms with Crippen LogP contribution < -0.4 is 10.1 Å². The molecule has 0 unspecified atom stereocenters. The summed E-state index contributed by atoms with van der Waals surface area (Å²) in [6.45, 7) is 4.22. The molecule has 0 spiro atoms. The molecule has 2 heterocycles. The van der Waals surface area contributed by atoms with E-state index in [1.807, 2.05) is 48.1 Å². The summed E-state index contributed by atoms with van der Waals surface area (Å²) in [5.74, 6) is 0.425. The molecule has 34 heavy (non-hydrogen) atoms. The number of nitrogens with zero attached hydrogens (tertiary/aromatic N) is 3. The van der Waals surface area contributed by atoms with Crippen molar-refractivity contribution in [3.05, 3.63) is 78.1 Å². The topological polar surface area (TPSA) is 93.5 Å². The van der Waals surface area contributed by atoms with Gasteiger partial charge in [0.15, 0.2) is 0 Å². The first-order valence-corrected chi connectivity index (χ1v) is 13.0. The number of nitrogens with one attached hydrogen (secondary N) is 1. The molecule has 0 bridgehead atoms. The molecule has 1 amide bonds. The lowest BCUT2D eigenvalue weighted by molar-refractivity contribution is -0.126. The van der Waals surface area contributed by atoms with Gasteiger partial charge in [-0.15, -0.1) is 0 Å². The normalized spacial score (nSPS) is 15.2. The first-order chi connectivity index (χ1) is 16.5. The third-order valence-electron chi connectivity index (χ3n) is 5.99. The molecule has 0 atom stereocenters. The molecule has 8 nitrogen and oxygen atoms in total. The van der Waals surface area contributed by atoms with Crippen LogP contribution in [0, 0.1) is 5.92 Å². The van der Waals surface area contributed by atoms with E-state index in [0.717, 1.165) is 11.1 Å². The molecular weight excluding hydrogens is 452 g/mol. The molecule has 1 aliphatic rings. The second kappa shape index (κ2) is 10.8. The molecule has 1 N–H and O–H groups in total. The van der Waals surface area contributed by atoms with Crippen LogP contribution in [0.1, 0.15) is 30.9 Å². The third kappa shape index (κ3) is 5.84. The summed E-state index contributed by atoms with van der Waals surface area (Å²) in [7, 11) is -3.58. The number of carbonyl (C=O) groups excluding carboxylic acids is 1. The third-order valence-corrected chi connectivity index (χ3v) is 7.90. The minimum Gasteiger partial charge on any atom is -0.494 e. The van der Waals surface area contributed by atoms with Gasteiger partial charge in [0.1, 0.15) is 5.75 Å². The Balaban J connectivity index is 1.25. The van der Waals surface area contributed by atoms with Crippen LogP contribution in [0.25, 0.3) is 0 Å². The van der Waals surface area contributed by atoms with E-state index in [1.165, 1.54) is 4.31 Å². The van der Waals surface area contributed by atoms with Crippen molar-refractivity contribution in [2.24, 2.45) is 5.92 Å². The maximum atomic E-state index is 13.0. The monoisotopic (exact) mass is 482 g/mol. The first kappa shape index (κ1) is 24.0. The molecule has 1 aromatic heterocycles. The molecule has 1 fully saturated rings. The Morgan fingerprint density at radius 1 is 1.06 bits per heavy atom. The minimum absolute atomic E-state index is 0.0290. The highest BCUT2D eigenvalue weighted by Crippen LogP contribution is 2.25. The largest absolute Gasteiger partial charge is 0.494 e. The van der Waals surface area contributed by atoms with E-state index in [1.54, 1.807) is 30.5 Å². The van der Waals surface area contributed by atoms with Crippen molar-refractivity contribution in [3.8, 4) is 5.75 Å². The van der Waals surface area contributed by atoms with Crippen LogP contribution in [0.3, 0.4) is 0 Å². The average Bonchev–Trinajstić information content (AvgIpc) is 3.37. The van der Waals surface area contributed by atoms with E-state index in [-0.39, 0.29) is 16.7 Å². The number of ether oxygens (including phenoxy) is 1. The Kier molecular flexibility index (Phi) is 7.64. The van der Waals surface area contributed by atoms with E-state index in [2.05, 4.69) is 10.4 Å². The second-order valence-electron chi connectivity index (χ2n) is 8.32. The molecular formula is C25H30N4O4S. The lowest BCUT2D eigenvalue weighted by atomic mass is 9.97. The van der Waals surface area contributed by atoms with Crippen LogP contribution >= 0.6 is 0 Å². The molecule has 0 radical (unpaired) electrons. The maximum Gasteiger partial charge on any atom is 0.243 e. The number of aromatic nitrogens is 2. The van der Waals surface area contributed by atoms with Crippen LogP contribution in [0.15, 0.2) is 71.9 Å². The van der Waals surface area contributed by atoms with Crippen molar-refractivity contribution in [2.45, 2.75) is 37.8 Å². The van der Waals surface area contributed by atoms with Gasteiger partial charge >= 0.3 is 0 Å². The second-order valence-corrected chi connectivity index (χ2v) is 10.3. The summed E-state index contributed by atoms with van der Waals surface area (Å²) in [5, 5.41) is 7.21. The number of sulfonamides is 1. The number of rotatable bonds is 9. The molecule has 4 rings (SSSR count). The Labute approximate surface area is 200 Å². The van der Waals surface area contributed by atoms with Crippen molar-refractivity contribution < 1.29 is 17.9 Å². The van der Waals surface area contributed by atoms with E-state index in [4.69, 9.17) is 4.74 Å². The van der Waals surface area contributed by atoms with E-state index in [0.29, 0.717) is 51.4 Å². The van der Waals surface area contributed by atoms with Crippen LogP contribution in [-0.4, -0.2) is 48.1 Å². The van der Waals surface area contributed by atoms with Gasteiger partial charge in [0.05, 0.1) is 18.0 Å². The molecule has 0 aliphatic carbocycles. The average molecular weight is 483 g/mol.